The lowest BCUT2D eigenvalue weighted by Gasteiger charge is -2.13. The van der Waals surface area contributed by atoms with Crippen molar-refractivity contribution >= 4 is 11.6 Å². The van der Waals surface area contributed by atoms with Gasteiger partial charge in [0.25, 0.3) is 5.91 Å². The molecule has 21 heavy (non-hydrogen) atoms. The van der Waals surface area contributed by atoms with Crippen LogP contribution < -0.4 is 10.1 Å². The maximum Gasteiger partial charge on any atom is 0.262 e. The molecule has 0 aliphatic carbocycles. The summed E-state index contributed by atoms with van der Waals surface area (Å²) in [7, 11) is 0. The van der Waals surface area contributed by atoms with Crippen molar-refractivity contribution < 1.29 is 14.6 Å². The Bertz CT molecular complexity index is 638. The van der Waals surface area contributed by atoms with Gasteiger partial charge in [-0.15, -0.1) is 0 Å². The van der Waals surface area contributed by atoms with Crippen LogP contribution in [0.3, 0.4) is 0 Å². The standard InChI is InChI=1S/C17H19NO3/c1-12-5-3-8-15(9-12)18-16(20)11-21-17-13(2)6-4-7-14(17)10-19/h3-9,19H,10-11H2,1-2H3,(H,18,20). The van der Waals surface area contributed by atoms with E-state index in [9.17, 15) is 9.90 Å². The lowest BCUT2D eigenvalue weighted by atomic mass is 10.1. The largest absolute Gasteiger partial charge is 0.483 e. The average Bonchev–Trinajstić information content (AvgIpc) is 2.45. The molecule has 0 atom stereocenters. The molecule has 0 saturated carbocycles. The van der Waals surface area contributed by atoms with Crippen molar-refractivity contribution in [3.63, 3.8) is 0 Å². The van der Waals surface area contributed by atoms with Gasteiger partial charge in [-0.3, -0.25) is 4.79 Å². The number of hydrogen-bond donors (Lipinski definition) is 2. The van der Waals surface area contributed by atoms with Crippen LogP contribution in [-0.2, 0) is 11.4 Å². The van der Waals surface area contributed by atoms with Gasteiger partial charge < -0.3 is 15.2 Å². The van der Waals surface area contributed by atoms with E-state index in [0.29, 0.717) is 11.3 Å². The molecule has 0 spiro atoms. The van der Waals surface area contributed by atoms with Gasteiger partial charge in [-0.1, -0.05) is 30.3 Å². The molecule has 0 aliphatic rings. The predicted octanol–water partition coefficient (Wildman–Crippen LogP) is 2.81. The van der Waals surface area contributed by atoms with E-state index in [1.165, 1.54) is 0 Å². The number of aryl methyl sites for hydroxylation is 2. The van der Waals surface area contributed by atoms with Gasteiger partial charge in [0.1, 0.15) is 5.75 Å². The zero-order valence-corrected chi connectivity index (χ0v) is 12.2. The summed E-state index contributed by atoms with van der Waals surface area (Å²) < 4.78 is 5.55. The lowest BCUT2D eigenvalue weighted by Crippen LogP contribution is -2.20. The minimum atomic E-state index is -0.229. The second-order valence-electron chi connectivity index (χ2n) is 4.93. The molecule has 0 aromatic heterocycles. The number of amides is 1. The van der Waals surface area contributed by atoms with Crippen molar-refractivity contribution in [2.75, 3.05) is 11.9 Å². The van der Waals surface area contributed by atoms with Crippen LogP contribution in [0.15, 0.2) is 42.5 Å². The molecule has 2 rings (SSSR count). The zero-order valence-electron chi connectivity index (χ0n) is 12.2. The number of ether oxygens (including phenoxy) is 1. The second kappa shape index (κ2) is 6.90. The Morgan fingerprint density at radius 1 is 1.19 bits per heavy atom. The minimum Gasteiger partial charge on any atom is -0.483 e. The van der Waals surface area contributed by atoms with E-state index in [-0.39, 0.29) is 19.1 Å². The fraction of sp³-hybridized carbons (Fsp3) is 0.235. The SMILES string of the molecule is Cc1cccc(NC(=O)COc2c(C)cccc2CO)c1. The summed E-state index contributed by atoms with van der Waals surface area (Å²) in [4.78, 5) is 11.9. The lowest BCUT2D eigenvalue weighted by molar-refractivity contribution is -0.118. The van der Waals surface area contributed by atoms with E-state index in [0.717, 1.165) is 16.8 Å². The Morgan fingerprint density at radius 2 is 1.95 bits per heavy atom. The van der Waals surface area contributed by atoms with Crippen LogP contribution in [-0.4, -0.2) is 17.6 Å². The summed E-state index contributed by atoms with van der Waals surface area (Å²) in [6.07, 6.45) is 0. The van der Waals surface area contributed by atoms with Gasteiger partial charge in [-0.05, 0) is 37.1 Å². The number of benzene rings is 2. The maximum atomic E-state index is 11.9. The van der Waals surface area contributed by atoms with Crippen molar-refractivity contribution in [2.45, 2.75) is 20.5 Å². The van der Waals surface area contributed by atoms with E-state index in [1.807, 2.05) is 50.2 Å². The smallest absolute Gasteiger partial charge is 0.262 e. The summed E-state index contributed by atoms with van der Waals surface area (Å²) in [5.41, 5.74) is 3.40. The molecular weight excluding hydrogens is 266 g/mol. The second-order valence-corrected chi connectivity index (χ2v) is 4.93. The van der Waals surface area contributed by atoms with Crippen LogP contribution in [0.25, 0.3) is 0 Å². The molecule has 1 amide bonds. The number of hydrogen-bond acceptors (Lipinski definition) is 3. The van der Waals surface area contributed by atoms with E-state index in [1.54, 1.807) is 6.07 Å². The number of aliphatic hydroxyl groups is 1. The average molecular weight is 285 g/mol. The van der Waals surface area contributed by atoms with Crippen LogP contribution in [0.1, 0.15) is 16.7 Å². The van der Waals surface area contributed by atoms with Crippen LogP contribution in [0.5, 0.6) is 5.75 Å². The van der Waals surface area contributed by atoms with Gasteiger partial charge >= 0.3 is 0 Å². The summed E-state index contributed by atoms with van der Waals surface area (Å²) in [6, 6.07) is 13.1. The number of anilines is 1. The number of carbonyl (C=O) groups excluding carboxylic acids is 1. The monoisotopic (exact) mass is 285 g/mol. The highest BCUT2D eigenvalue weighted by Gasteiger charge is 2.09. The molecule has 110 valence electrons. The van der Waals surface area contributed by atoms with E-state index in [4.69, 9.17) is 4.74 Å². The summed E-state index contributed by atoms with van der Waals surface area (Å²) in [5, 5.41) is 12.1. The highest BCUT2D eigenvalue weighted by molar-refractivity contribution is 5.91. The van der Waals surface area contributed by atoms with Crippen molar-refractivity contribution in [3.8, 4) is 5.75 Å². The Hall–Kier alpha value is -2.33. The van der Waals surface area contributed by atoms with E-state index in [2.05, 4.69) is 5.32 Å². The van der Waals surface area contributed by atoms with Gasteiger partial charge in [0, 0.05) is 11.3 Å². The van der Waals surface area contributed by atoms with Gasteiger partial charge in [-0.2, -0.15) is 0 Å². The molecule has 0 radical (unpaired) electrons. The van der Waals surface area contributed by atoms with Crippen molar-refractivity contribution in [1.29, 1.82) is 0 Å². The molecule has 0 bridgehead atoms. The molecule has 0 heterocycles. The van der Waals surface area contributed by atoms with Crippen LogP contribution in [0.2, 0.25) is 0 Å². The van der Waals surface area contributed by atoms with Gasteiger partial charge in [0.15, 0.2) is 6.61 Å². The Morgan fingerprint density at radius 3 is 2.67 bits per heavy atom. The third kappa shape index (κ3) is 4.07. The third-order valence-electron chi connectivity index (χ3n) is 3.11. The maximum absolute atomic E-state index is 11.9. The number of aliphatic hydroxyl groups excluding tert-OH is 1. The van der Waals surface area contributed by atoms with Crippen LogP contribution in [0.4, 0.5) is 5.69 Å². The Kier molecular flexibility index (Phi) is 4.95. The number of carbonyl (C=O) groups is 1. The Labute approximate surface area is 124 Å². The van der Waals surface area contributed by atoms with Crippen molar-refractivity contribution in [3.05, 3.63) is 59.2 Å². The van der Waals surface area contributed by atoms with Crippen LogP contribution >= 0.6 is 0 Å². The number of nitrogens with one attached hydrogen (secondary N) is 1. The highest BCUT2D eigenvalue weighted by atomic mass is 16.5. The summed E-state index contributed by atoms with van der Waals surface area (Å²) >= 11 is 0. The molecule has 2 N–H and O–H groups in total. The molecule has 0 unspecified atom stereocenters. The molecule has 0 saturated heterocycles. The molecule has 2 aromatic rings. The molecule has 2 aromatic carbocycles. The molecule has 0 fully saturated rings. The topological polar surface area (TPSA) is 58.6 Å². The Balaban J connectivity index is 1.99. The van der Waals surface area contributed by atoms with Gasteiger partial charge in [0.05, 0.1) is 6.61 Å². The molecular formula is C17H19NO3. The normalized spacial score (nSPS) is 10.2. The molecule has 4 nitrogen and oxygen atoms in total. The predicted molar refractivity (Wildman–Crippen MR) is 82.4 cm³/mol. The highest BCUT2D eigenvalue weighted by Crippen LogP contribution is 2.23. The van der Waals surface area contributed by atoms with Crippen molar-refractivity contribution in [1.82, 2.24) is 0 Å². The first-order chi connectivity index (χ1) is 10.1. The first kappa shape index (κ1) is 15.1. The van der Waals surface area contributed by atoms with Gasteiger partial charge in [-0.25, -0.2) is 0 Å². The quantitative estimate of drug-likeness (QED) is 0.888. The first-order valence-electron chi connectivity index (χ1n) is 6.79. The number of rotatable bonds is 5. The van der Waals surface area contributed by atoms with E-state index >= 15 is 0 Å². The molecule has 4 heteroatoms. The summed E-state index contributed by atoms with van der Waals surface area (Å²) in [5.74, 6) is 0.340. The van der Waals surface area contributed by atoms with Crippen LogP contribution in [0, 0.1) is 13.8 Å². The zero-order chi connectivity index (χ0) is 15.2. The van der Waals surface area contributed by atoms with Crippen molar-refractivity contribution in [2.24, 2.45) is 0 Å². The fourth-order valence-corrected chi connectivity index (χ4v) is 2.10. The van der Waals surface area contributed by atoms with Gasteiger partial charge in [0.2, 0.25) is 0 Å². The fourth-order valence-electron chi connectivity index (χ4n) is 2.10. The third-order valence-corrected chi connectivity index (χ3v) is 3.11. The number of para-hydroxylation sites is 1. The van der Waals surface area contributed by atoms with E-state index < -0.39 is 0 Å². The molecule has 0 aliphatic heterocycles. The first-order valence-corrected chi connectivity index (χ1v) is 6.79. The summed E-state index contributed by atoms with van der Waals surface area (Å²) in [6.45, 7) is 3.64. The minimum absolute atomic E-state index is 0.0915.